The average molecular weight is 184 g/mol. The van der Waals surface area contributed by atoms with E-state index in [9.17, 15) is 9.59 Å². The number of hydrogen-bond donors (Lipinski definition) is 1. The van der Waals surface area contributed by atoms with Gasteiger partial charge in [0.25, 0.3) is 0 Å². The van der Waals surface area contributed by atoms with Gasteiger partial charge >= 0.3 is 11.9 Å². The number of carbonyl (C=O) groups is 2. The van der Waals surface area contributed by atoms with Crippen LogP contribution < -0.4 is 0 Å². The van der Waals surface area contributed by atoms with E-state index in [-0.39, 0.29) is 12.0 Å². The summed E-state index contributed by atoms with van der Waals surface area (Å²) in [6.07, 6.45) is 3.58. The van der Waals surface area contributed by atoms with Crippen LogP contribution in [-0.4, -0.2) is 23.1 Å². The lowest BCUT2D eigenvalue weighted by atomic mass is 9.80. The van der Waals surface area contributed by atoms with Crippen LogP contribution in [0.15, 0.2) is 0 Å². The van der Waals surface area contributed by atoms with E-state index in [1.165, 1.54) is 0 Å². The molecular weight excluding hydrogens is 172 g/mol. The van der Waals surface area contributed by atoms with E-state index in [0.717, 1.165) is 25.7 Å². The smallest absolute Gasteiger partial charge is 0.321 e. The lowest BCUT2D eigenvalue weighted by Crippen LogP contribution is -2.29. The molecule has 0 bridgehead atoms. The number of fused-ring (bicyclic) bond motifs is 1. The fraction of sp³-hybridized carbons (Fsp3) is 0.778. The van der Waals surface area contributed by atoms with Gasteiger partial charge in [0.05, 0.1) is 0 Å². The Kier molecular flexibility index (Phi) is 1.98. The second-order valence-corrected chi connectivity index (χ2v) is 3.74. The van der Waals surface area contributed by atoms with Crippen LogP contribution in [0.25, 0.3) is 0 Å². The highest BCUT2D eigenvalue weighted by Gasteiger charge is 2.49. The summed E-state index contributed by atoms with van der Waals surface area (Å²) in [5.41, 5.74) is 0. The Labute approximate surface area is 75.9 Å². The van der Waals surface area contributed by atoms with Gasteiger partial charge in [0.1, 0.15) is 6.10 Å². The lowest BCUT2D eigenvalue weighted by molar-refractivity contribution is -0.153. The normalized spacial score (nSPS) is 38.2. The van der Waals surface area contributed by atoms with Crippen LogP contribution in [0.2, 0.25) is 0 Å². The predicted octanol–water partition coefficient (Wildman–Crippen LogP) is 0.803. The van der Waals surface area contributed by atoms with Gasteiger partial charge in [-0.1, -0.05) is 6.42 Å². The van der Waals surface area contributed by atoms with Crippen molar-refractivity contribution in [2.24, 2.45) is 11.8 Å². The van der Waals surface area contributed by atoms with Crippen molar-refractivity contribution in [2.75, 3.05) is 0 Å². The molecule has 72 valence electrons. The minimum absolute atomic E-state index is 0.0706. The van der Waals surface area contributed by atoms with Gasteiger partial charge in [0.2, 0.25) is 0 Å². The number of rotatable bonds is 1. The number of ether oxygens (including phenoxy) is 1. The number of carboxylic acids is 1. The first-order valence-corrected chi connectivity index (χ1v) is 4.63. The van der Waals surface area contributed by atoms with Gasteiger partial charge in [-0.25, -0.2) is 0 Å². The third-order valence-electron chi connectivity index (χ3n) is 2.97. The molecule has 0 amide bonds. The maximum absolute atomic E-state index is 11.2. The largest absolute Gasteiger partial charge is 0.481 e. The SMILES string of the molecule is O=C(O)[C@@H]1C(=O)O[C@H]2CCCC[C@@H]12. The van der Waals surface area contributed by atoms with Crippen LogP contribution in [0.5, 0.6) is 0 Å². The van der Waals surface area contributed by atoms with Crippen molar-refractivity contribution in [3.8, 4) is 0 Å². The molecule has 0 aromatic carbocycles. The number of esters is 1. The van der Waals surface area contributed by atoms with E-state index < -0.39 is 17.9 Å². The van der Waals surface area contributed by atoms with Crippen LogP contribution in [0, 0.1) is 11.8 Å². The molecule has 4 heteroatoms. The van der Waals surface area contributed by atoms with Gasteiger partial charge in [0.15, 0.2) is 5.92 Å². The summed E-state index contributed by atoms with van der Waals surface area (Å²) >= 11 is 0. The topological polar surface area (TPSA) is 63.6 Å². The zero-order valence-corrected chi connectivity index (χ0v) is 7.23. The van der Waals surface area contributed by atoms with E-state index in [1.54, 1.807) is 0 Å². The summed E-state index contributed by atoms with van der Waals surface area (Å²) in [7, 11) is 0. The zero-order valence-electron chi connectivity index (χ0n) is 7.23. The molecule has 2 fully saturated rings. The molecule has 2 rings (SSSR count). The van der Waals surface area contributed by atoms with Crippen molar-refractivity contribution >= 4 is 11.9 Å². The number of aliphatic carboxylic acids is 1. The number of hydrogen-bond acceptors (Lipinski definition) is 3. The van der Waals surface area contributed by atoms with Crippen LogP contribution >= 0.6 is 0 Å². The van der Waals surface area contributed by atoms with Gasteiger partial charge in [-0.05, 0) is 19.3 Å². The van der Waals surface area contributed by atoms with Gasteiger partial charge in [0, 0.05) is 5.92 Å². The second kappa shape index (κ2) is 3.01. The molecule has 3 atom stereocenters. The summed E-state index contributed by atoms with van der Waals surface area (Å²) in [6, 6.07) is 0. The molecule has 0 spiro atoms. The molecular formula is C9H12O4. The predicted molar refractivity (Wildman–Crippen MR) is 43.0 cm³/mol. The van der Waals surface area contributed by atoms with Crippen molar-refractivity contribution in [2.45, 2.75) is 31.8 Å². The Morgan fingerprint density at radius 3 is 2.77 bits per heavy atom. The van der Waals surface area contributed by atoms with Crippen molar-refractivity contribution in [1.29, 1.82) is 0 Å². The zero-order chi connectivity index (χ0) is 9.42. The Balaban J connectivity index is 2.18. The highest BCUT2D eigenvalue weighted by Crippen LogP contribution is 2.38. The Morgan fingerprint density at radius 2 is 2.08 bits per heavy atom. The van der Waals surface area contributed by atoms with Crippen LogP contribution in [-0.2, 0) is 14.3 Å². The third kappa shape index (κ3) is 1.30. The van der Waals surface area contributed by atoms with E-state index in [2.05, 4.69) is 0 Å². The van der Waals surface area contributed by atoms with Crippen LogP contribution in [0.3, 0.4) is 0 Å². The Bertz CT molecular complexity index is 248. The van der Waals surface area contributed by atoms with Crippen LogP contribution in [0.1, 0.15) is 25.7 Å². The van der Waals surface area contributed by atoms with E-state index in [0.29, 0.717) is 0 Å². The Morgan fingerprint density at radius 1 is 1.38 bits per heavy atom. The van der Waals surface area contributed by atoms with Crippen molar-refractivity contribution in [3.63, 3.8) is 0 Å². The summed E-state index contributed by atoms with van der Waals surface area (Å²) in [5, 5.41) is 8.82. The average Bonchev–Trinajstić information content (AvgIpc) is 2.39. The van der Waals surface area contributed by atoms with E-state index >= 15 is 0 Å². The minimum atomic E-state index is -1.03. The molecule has 2 aliphatic rings. The molecule has 1 aliphatic carbocycles. The standard InChI is InChI=1S/C9H12O4/c10-8(11)7-5-3-1-2-4-6(5)13-9(7)12/h5-7H,1-4H2,(H,10,11)/t5-,6+,7-/m1/s1. The fourth-order valence-corrected chi connectivity index (χ4v) is 2.33. The molecule has 13 heavy (non-hydrogen) atoms. The highest BCUT2D eigenvalue weighted by atomic mass is 16.6. The summed E-state index contributed by atoms with van der Waals surface area (Å²) in [5.74, 6) is -2.53. The van der Waals surface area contributed by atoms with Gasteiger partial charge < -0.3 is 9.84 Å². The minimum Gasteiger partial charge on any atom is -0.481 e. The number of carbonyl (C=O) groups excluding carboxylic acids is 1. The second-order valence-electron chi connectivity index (χ2n) is 3.74. The molecule has 1 N–H and O–H groups in total. The Hall–Kier alpha value is -1.06. The maximum atomic E-state index is 11.2. The molecule has 1 saturated heterocycles. The first-order chi connectivity index (χ1) is 6.20. The quantitative estimate of drug-likeness (QED) is 0.483. The van der Waals surface area contributed by atoms with Gasteiger partial charge in [-0.2, -0.15) is 0 Å². The van der Waals surface area contributed by atoms with Crippen molar-refractivity contribution in [1.82, 2.24) is 0 Å². The summed E-state index contributed by atoms with van der Waals surface area (Å²) in [4.78, 5) is 21.9. The summed E-state index contributed by atoms with van der Waals surface area (Å²) < 4.78 is 5.02. The molecule has 0 radical (unpaired) electrons. The van der Waals surface area contributed by atoms with Gasteiger partial charge in [-0.15, -0.1) is 0 Å². The molecule has 0 unspecified atom stereocenters. The first kappa shape index (κ1) is 8.53. The maximum Gasteiger partial charge on any atom is 0.321 e. The van der Waals surface area contributed by atoms with Gasteiger partial charge in [-0.3, -0.25) is 9.59 Å². The highest BCUT2D eigenvalue weighted by molar-refractivity contribution is 5.95. The first-order valence-electron chi connectivity index (χ1n) is 4.63. The third-order valence-corrected chi connectivity index (χ3v) is 2.97. The van der Waals surface area contributed by atoms with Crippen molar-refractivity contribution < 1.29 is 19.4 Å². The monoisotopic (exact) mass is 184 g/mol. The summed E-state index contributed by atoms with van der Waals surface area (Å²) in [6.45, 7) is 0. The van der Waals surface area contributed by atoms with E-state index in [1.807, 2.05) is 0 Å². The molecule has 0 aromatic rings. The van der Waals surface area contributed by atoms with Crippen molar-refractivity contribution in [3.05, 3.63) is 0 Å². The lowest BCUT2D eigenvalue weighted by Gasteiger charge is -2.23. The number of carboxylic acid groups (broad SMARTS) is 1. The molecule has 1 saturated carbocycles. The fourth-order valence-electron chi connectivity index (χ4n) is 2.33. The molecule has 1 aliphatic heterocycles. The van der Waals surface area contributed by atoms with E-state index in [4.69, 9.17) is 9.84 Å². The molecule has 0 aromatic heterocycles. The van der Waals surface area contributed by atoms with Crippen LogP contribution in [0.4, 0.5) is 0 Å². The molecule has 1 heterocycles. The molecule has 4 nitrogen and oxygen atoms in total.